The number of hydrogen-bond donors (Lipinski definition) is 2. The van der Waals surface area contributed by atoms with E-state index in [1.54, 1.807) is 0 Å². The van der Waals surface area contributed by atoms with Crippen LogP contribution in [0.2, 0.25) is 5.02 Å². The molecule has 20 heavy (non-hydrogen) atoms. The molecule has 1 aliphatic heterocycles. The van der Waals surface area contributed by atoms with Crippen LogP contribution in [-0.4, -0.2) is 26.0 Å². The van der Waals surface area contributed by atoms with Gasteiger partial charge >= 0.3 is 0 Å². The van der Waals surface area contributed by atoms with Crippen molar-refractivity contribution in [1.82, 2.24) is 5.32 Å². The number of rotatable bonds is 4. The van der Waals surface area contributed by atoms with E-state index in [0.717, 1.165) is 42.2 Å². The zero-order chi connectivity index (χ0) is 14.7. The molecule has 1 unspecified atom stereocenters. The summed E-state index contributed by atoms with van der Waals surface area (Å²) in [5, 5.41) is 3.97. The number of hydrogen-bond acceptors (Lipinski definition) is 3. The molecule has 0 radical (unpaired) electrons. The van der Waals surface area contributed by atoms with E-state index >= 15 is 0 Å². The second-order valence-corrected chi connectivity index (χ2v) is 5.79. The molecule has 1 aromatic rings. The summed E-state index contributed by atoms with van der Waals surface area (Å²) in [7, 11) is 1.92. The molecule has 0 spiro atoms. The maximum atomic E-state index is 11.2. The summed E-state index contributed by atoms with van der Waals surface area (Å²) in [6.45, 7) is 3.79. The van der Waals surface area contributed by atoms with Crippen molar-refractivity contribution in [2.24, 2.45) is 11.7 Å². The summed E-state index contributed by atoms with van der Waals surface area (Å²) in [5.74, 6) is -0.161. The van der Waals surface area contributed by atoms with Crippen molar-refractivity contribution in [1.29, 1.82) is 0 Å². The zero-order valence-electron chi connectivity index (χ0n) is 12.0. The molecule has 5 heteroatoms. The fraction of sp³-hybridized carbons (Fsp3) is 0.533. The van der Waals surface area contributed by atoms with Crippen molar-refractivity contribution >= 4 is 23.2 Å². The highest BCUT2D eigenvalue weighted by Gasteiger charge is 2.23. The van der Waals surface area contributed by atoms with Gasteiger partial charge in [0.25, 0.3) is 0 Å². The number of benzene rings is 1. The fourth-order valence-electron chi connectivity index (χ4n) is 2.64. The summed E-state index contributed by atoms with van der Waals surface area (Å²) in [5.41, 5.74) is 7.58. The van der Waals surface area contributed by atoms with Gasteiger partial charge in [0.1, 0.15) is 0 Å². The minimum Gasteiger partial charge on any atom is -0.371 e. The Bertz CT molecular complexity index is 484. The normalized spacial score (nSPS) is 18.1. The largest absolute Gasteiger partial charge is 0.371 e. The smallest absolute Gasteiger partial charge is 0.220 e. The van der Waals surface area contributed by atoms with Crippen molar-refractivity contribution in [3.8, 4) is 0 Å². The molecule has 1 heterocycles. The zero-order valence-corrected chi connectivity index (χ0v) is 12.8. The first-order chi connectivity index (χ1) is 9.52. The van der Waals surface area contributed by atoms with Crippen LogP contribution in [0.15, 0.2) is 18.2 Å². The van der Waals surface area contributed by atoms with Gasteiger partial charge in [-0.3, -0.25) is 4.79 Å². The Labute approximate surface area is 125 Å². The van der Waals surface area contributed by atoms with Gasteiger partial charge in [0.2, 0.25) is 5.91 Å². The first-order valence-corrected chi connectivity index (χ1v) is 7.41. The molecule has 0 saturated carbocycles. The Morgan fingerprint density at radius 2 is 2.10 bits per heavy atom. The van der Waals surface area contributed by atoms with E-state index in [1.165, 1.54) is 0 Å². The third-order valence-corrected chi connectivity index (χ3v) is 4.47. The Morgan fingerprint density at radius 3 is 2.60 bits per heavy atom. The van der Waals surface area contributed by atoms with Crippen LogP contribution in [0.4, 0.5) is 5.69 Å². The number of primary amides is 1. The van der Waals surface area contributed by atoms with Crippen LogP contribution in [-0.2, 0) is 4.79 Å². The molecule has 1 fully saturated rings. The molecule has 0 bridgehead atoms. The maximum Gasteiger partial charge on any atom is 0.220 e. The van der Waals surface area contributed by atoms with E-state index < -0.39 is 0 Å². The summed E-state index contributed by atoms with van der Waals surface area (Å²) in [4.78, 5) is 13.4. The van der Waals surface area contributed by atoms with Crippen LogP contribution in [0.3, 0.4) is 0 Å². The van der Waals surface area contributed by atoms with Gasteiger partial charge in [-0.15, -0.1) is 0 Å². The molecule has 110 valence electrons. The van der Waals surface area contributed by atoms with Crippen molar-refractivity contribution in [2.75, 3.05) is 25.0 Å². The lowest BCUT2D eigenvalue weighted by molar-refractivity contribution is -0.122. The molecule has 1 aliphatic rings. The monoisotopic (exact) mass is 295 g/mol. The van der Waals surface area contributed by atoms with Crippen molar-refractivity contribution in [2.45, 2.75) is 25.8 Å². The molecule has 4 nitrogen and oxygen atoms in total. The Balaban J connectivity index is 2.07. The van der Waals surface area contributed by atoms with Gasteiger partial charge in [-0.2, -0.15) is 0 Å². The molecule has 0 aromatic heterocycles. The Morgan fingerprint density at radius 1 is 1.45 bits per heavy atom. The van der Waals surface area contributed by atoms with Crippen LogP contribution in [0, 0.1) is 5.92 Å². The quantitative estimate of drug-likeness (QED) is 0.896. The first kappa shape index (κ1) is 15.1. The number of halogens is 1. The highest BCUT2D eigenvalue weighted by molar-refractivity contribution is 6.31. The van der Waals surface area contributed by atoms with Crippen LogP contribution in [0.1, 0.15) is 31.4 Å². The predicted molar refractivity (Wildman–Crippen MR) is 83.1 cm³/mol. The van der Waals surface area contributed by atoms with Gasteiger partial charge in [-0.05, 0) is 44.5 Å². The van der Waals surface area contributed by atoms with Gasteiger partial charge in [0.05, 0.1) is 0 Å². The second-order valence-electron chi connectivity index (χ2n) is 5.38. The van der Waals surface area contributed by atoms with E-state index in [4.69, 9.17) is 17.3 Å². The standard InChI is InChI=1S/C15H22ClN3O/c1-10(18-2)13-4-3-12(9-14(13)16)19-7-5-11(6-8-19)15(17)20/h3-4,9-11,18H,5-8H2,1-2H3,(H2,17,20). The second kappa shape index (κ2) is 6.46. The molecular weight excluding hydrogens is 274 g/mol. The highest BCUT2D eigenvalue weighted by Crippen LogP contribution is 2.30. The van der Waals surface area contributed by atoms with Crippen molar-refractivity contribution in [3.05, 3.63) is 28.8 Å². The summed E-state index contributed by atoms with van der Waals surface area (Å²) in [6.07, 6.45) is 1.64. The molecule has 1 amide bonds. The van der Waals surface area contributed by atoms with Crippen LogP contribution in [0.5, 0.6) is 0 Å². The van der Waals surface area contributed by atoms with Crippen LogP contribution < -0.4 is 16.0 Å². The number of anilines is 1. The molecule has 0 aliphatic carbocycles. The summed E-state index contributed by atoms with van der Waals surface area (Å²) in [6, 6.07) is 6.41. The van der Waals surface area contributed by atoms with E-state index in [2.05, 4.69) is 29.3 Å². The molecule has 1 aromatic carbocycles. The molecule has 1 saturated heterocycles. The van der Waals surface area contributed by atoms with Gasteiger partial charge < -0.3 is 16.0 Å². The highest BCUT2D eigenvalue weighted by atomic mass is 35.5. The number of nitrogens with one attached hydrogen (secondary N) is 1. The summed E-state index contributed by atoms with van der Waals surface area (Å²) >= 11 is 6.36. The first-order valence-electron chi connectivity index (χ1n) is 7.04. The SMILES string of the molecule is CNC(C)c1ccc(N2CCC(C(N)=O)CC2)cc1Cl. The lowest BCUT2D eigenvalue weighted by Gasteiger charge is -2.32. The number of nitrogens with zero attached hydrogens (tertiary/aromatic N) is 1. The van der Waals surface area contributed by atoms with Gasteiger partial charge in [-0.1, -0.05) is 17.7 Å². The van der Waals surface area contributed by atoms with E-state index in [-0.39, 0.29) is 17.9 Å². The minimum absolute atomic E-state index is 0.0188. The third-order valence-electron chi connectivity index (χ3n) is 4.15. The lowest BCUT2D eigenvalue weighted by atomic mass is 9.96. The summed E-state index contributed by atoms with van der Waals surface area (Å²) < 4.78 is 0. The average Bonchev–Trinajstić information content (AvgIpc) is 2.46. The van der Waals surface area contributed by atoms with E-state index in [9.17, 15) is 4.79 Å². The minimum atomic E-state index is -0.180. The van der Waals surface area contributed by atoms with E-state index in [0.29, 0.717) is 0 Å². The number of amides is 1. The maximum absolute atomic E-state index is 11.2. The average molecular weight is 296 g/mol. The lowest BCUT2D eigenvalue weighted by Crippen LogP contribution is -2.38. The molecule has 1 atom stereocenters. The number of nitrogens with two attached hydrogens (primary N) is 1. The topological polar surface area (TPSA) is 58.4 Å². The number of carbonyl (C=O) groups is 1. The van der Waals surface area contributed by atoms with Crippen molar-refractivity contribution < 1.29 is 4.79 Å². The van der Waals surface area contributed by atoms with Crippen LogP contribution >= 0.6 is 11.6 Å². The molecule has 2 rings (SSSR count). The Kier molecular flexibility index (Phi) is 4.89. The number of piperidine rings is 1. The molecule has 3 N–H and O–H groups in total. The van der Waals surface area contributed by atoms with Crippen LogP contribution in [0.25, 0.3) is 0 Å². The van der Waals surface area contributed by atoms with Gasteiger partial charge in [-0.25, -0.2) is 0 Å². The van der Waals surface area contributed by atoms with E-state index in [1.807, 2.05) is 13.1 Å². The molecular formula is C15H22ClN3O. The fourth-order valence-corrected chi connectivity index (χ4v) is 2.98. The van der Waals surface area contributed by atoms with Crippen molar-refractivity contribution in [3.63, 3.8) is 0 Å². The van der Waals surface area contributed by atoms with Gasteiger partial charge in [0, 0.05) is 35.8 Å². The number of carbonyl (C=O) groups excluding carboxylic acids is 1. The Hall–Kier alpha value is -1.26. The predicted octanol–water partition coefficient (Wildman–Crippen LogP) is 2.32. The third kappa shape index (κ3) is 3.25. The van der Waals surface area contributed by atoms with Gasteiger partial charge in [0.15, 0.2) is 0 Å².